The minimum absolute atomic E-state index is 0.110. The predicted molar refractivity (Wildman–Crippen MR) is 72.1 cm³/mol. The van der Waals surface area contributed by atoms with Crippen LogP contribution in [0.15, 0.2) is 27.1 Å². The monoisotopic (exact) mass is 303 g/mol. The van der Waals surface area contributed by atoms with E-state index in [2.05, 4.69) is 15.0 Å². The summed E-state index contributed by atoms with van der Waals surface area (Å²) in [7, 11) is 0. The third kappa shape index (κ3) is 2.87. The van der Waals surface area contributed by atoms with E-state index in [1.165, 1.54) is 12.1 Å². The Balaban J connectivity index is 2.39. The summed E-state index contributed by atoms with van der Waals surface area (Å²) < 4.78 is 0. The van der Waals surface area contributed by atoms with Crippen LogP contribution in [0.4, 0.5) is 11.6 Å². The van der Waals surface area contributed by atoms with E-state index in [0.29, 0.717) is 10.0 Å². The Morgan fingerprint density at radius 1 is 1.17 bits per heavy atom. The maximum absolute atomic E-state index is 11.2. The van der Waals surface area contributed by atoms with Gasteiger partial charge in [0.05, 0.1) is 10.0 Å². The lowest BCUT2D eigenvalue weighted by molar-refractivity contribution is 0.940. The zero-order chi connectivity index (χ0) is 13.3. The van der Waals surface area contributed by atoms with E-state index >= 15 is 0 Å². The SMILES string of the molecule is Nc1cc(=O)[nH]c(Sc2nc(N)c(Cl)cc2Cl)n1. The van der Waals surface area contributed by atoms with Gasteiger partial charge in [0.25, 0.3) is 5.56 Å². The molecule has 0 aromatic carbocycles. The first-order chi connectivity index (χ1) is 8.45. The Morgan fingerprint density at radius 3 is 2.56 bits per heavy atom. The number of nitrogen functional groups attached to an aromatic ring is 2. The van der Waals surface area contributed by atoms with Crippen molar-refractivity contribution in [3.05, 3.63) is 32.5 Å². The van der Waals surface area contributed by atoms with Crippen molar-refractivity contribution in [3.63, 3.8) is 0 Å². The van der Waals surface area contributed by atoms with Crippen LogP contribution >= 0.6 is 35.0 Å². The van der Waals surface area contributed by atoms with Gasteiger partial charge < -0.3 is 16.5 Å². The molecular formula is C9H7Cl2N5OS. The maximum Gasteiger partial charge on any atom is 0.253 e. The fraction of sp³-hybridized carbons (Fsp3) is 0. The van der Waals surface area contributed by atoms with Crippen molar-refractivity contribution in [2.75, 3.05) is 11.5 Å². The second-order valence-corrected chi connectivity index (χ2v) is 5.01. The van der Waals surface area contributed by atoms with Crippen molar-refractivity contribution < 1.29 is 0 Å². The van der Waals surface area contributed by atoms with Gasteiger partial charge in [-0.05, 0) is 17.8 Å². The van der Waals surface area contributed by atoms with Gasteiger partial charge in [0, 0.05) is 6.07 Å². The number of H-pyrrole nitrogens is 1. The van der Waals surface area contributed by atoms with Gasteiger partial charge >= 0.3 is 0 Å². The Labute approximate surface area is 116 Å². The van der Waals surface area contributed by atoms with Crippen LogP contribution in [0, 0.1) is 0 Å². The average Bonchev–Trinajstić information content (AvgIpc) is 2.24. The fourth-order valence-electron chi connectivity index (χ4n) is 1.13. The molecule has 0 amide bonds. The van der Waals surface area contributed by atoms with E-state index in [1.54, 1.807) is 0 Å². The molecule has 0 unspecified atom stereocenters. The van der Waals surface area contributed by atoms with E-state index in [9.17, 15) is 4.79 Å². The number of pyridine rings is 1. The number of aromatic amines is 1. The number of hydrogen-bond donors (Lipinski definition) is 3. The smallest absolute Gasteiger partial charge is 0.253 e. The number of nitrogens with zero attached hydrogens (tertiary/aromatic N) is 2. The molecule has 2 aromatic rings. The van der Waals surface area contributed by atoms with Gasteiger partial charge in [-0.15, -0.1) is 0 Å². The summed E-state index contributed by atoms with van der Waals surface area (Å²) in [4.78, 5) is 21.7. The second kappa shape index (κ2) is 5.05. The molecule has 0 fully saturated rings. The van der Waals surface area contributed by atoms with E-state index in [-0.39, 0.29) is 27.4 Å². The summed E-state index contributed by atoms with van der Waals surface area (Å²) in [5.74, 6) is 0.258. The van der Waals surface area contributed by atoms with E-state index in [0.717, 1.165) is 11.8 Å². The van der Waals surface area contributed by atoms with Crippen molar-refractivity contribution in [1.82, 2.24) is 15.0 Å². The van der Waals surface area contributed by atoms with Crippen LogP contribution in [0.1, 0.15) is 0 Å². The molecular weight excluding hydrogens is 297 g/mol. The van der Waals surface area contributed by atoms with Crippen molar-refractivity contribution in [2.24, 2.45) is 0 Å². The molecule has 2 heterocycles. The highest BCUT2D eigenvalue weighted by molar-refractivity contribution is 7.99. The Morgan fingerprint density at radius 2 is 1.89 bits per heavy atom. The molecule has 0 radical (unpaired) electrons. The third-order valence-electron chi connectivity index (χ3n) is 1.86. The minimum Gasteiger partial charge on any atom is -0.383 e. The molecule has 0 saturated carbocycles. The molecule has 5 N–H and O–H groups in total. The summed E-state index contributed by atoms with van der Waals surface area (Å²) in [6.07, 6.45) is 0. The first-order valence-corrected chi connectivity index (χ1v) is 6.19. The molecule has 2 aromatic heterocycles. The zero-order valence-electron chi connectivity index (χ0n) is 8.78. The second-order valence-electron chi connectivity index (χ2n) is 3.22. The largest absolute Gasteiger partial charge is 0.383 e. The fourth-order valence-corrected chi connectivity index (χ4v) is 2.39. The molecule has 0 aliphatic carbocycles. The standard InChI is InChI=1S/C9H7Cl2N5OS/c10-3-1-4(11)8(16-7(3)13)18-9-14-5(12)2-6(17)15-9/h1-2H,(H2,13,16)(H3,12,14,15,17). The molecule has 0 spiro atoms. The highest BCUT2D eigenvalue weighted by Gasteiger charge is 2.10. The molecule has 0 saturated heterocycles. The molecule has 0 bridgehead atoms. The molecule has 0 aliphatic heterocycles. The molecule has 6 nitrogen and oxygen atoms in total. The summed E-state index contributed by atoms with van der Waals surface area (Å²) in [6.45, 7) is 0. The van der Waals surface area contributed by atoms with Gasteiger partial charge in [-0.3, -0.25) is 4.79 Å². The molecule has 2 rings (SSSR count). The Kier molecular flexibility index (Phi) is 3.65. The van der Waals surface area contributed by atoms with Crippen LogP contribution in [0.2, 0.25) is 10.0 Å². The van der Waals surface area contributed by atoms with Crippen molar-refractivity contribution in [2.45, 2.75) is 10.2 Å². The molecule has 0 atom stereocenters. The number of aromatic nitrogens is 3. The summed E-state index contributed by atoms with van der Waals surface area (Å²) in [6, 6.07) is 2.65. The van der Waals surface area contributed by atoms with Gasteiger partial charge in [0.15, 0.2) is 5.16 Å². The number of halogens is 2. The normalized spacial score (nSPS) is 10.6. The quantitative estimate of drug-likeness (QED) is 0.729. The predicted octanol–water partition coefficient (Wildman–Crippen LogP) is 1.79. The van der Waals surface area contributed by atoms with Crippen molar-refractivity contribution in [3.8, 4) is 0 Å². The third-order valence-corrected chi connectivity index (χ3v) is 3.45. The molecule has 18 heavy (non-hydrogen) atoms. The molecule has 94 valence electrons. The van der Waals surface area contributed by atoms with Crippen LogP contribution in [0.3, 0.4) is 0 Å². The summed E-state index contributed by atoms with van der Waals surface area (Å²) >= 11 is 12.8. The highest BCUT2D eigenvalue weighted by atomic mass is 35.5. The zero-order valence-corrected chi connectivity index (χ0v) is 11.1. The van der Waals surface area contributed by atoms with Crippen molar-refractivity contribution >= 4 is 46.6 Å². The number of nitrogens with one attached hydrogen (secondary N) is 1. The summed E-state index contributed by atoms with van der Waals surface area (Å²) in [5, 5.41) is 1.23. The molecule has 0 aliphatic rings. The van der Waals surface area contributed by atoms with Gasteiger partial charge in [-0.1, -0.05) is 23.2 Å². The lowest BCUT2D eigenvalue weighted by Crippen LogP contribution is -2.09. The minimum atomic E-state index is -0.358. The Hall–Kier alpha value is -1.44. The summed E-state index contributed by atoms with van der Waals surface area (Å²) in [5.41, 5.74) is 10.7. The first kappa shape index (κ1) is 13.0. The van der Waals surface area contributed by atoms with Gasteiger partial charge in [0.1, 0.15) is 16.7 Å². The van der Waals surface area contributed by atoms with E-state index in [1.807, 2.05) is 0 Å². The molecule has 9 heteroatoms. The Bertz CT molecular complexity index is 660. The van der Waals surface area contributed by atoms with Crippen LogP contribution in [0.25, 0.3) is 0 Å². The van der Waals surface area contributed by atoms with E-state index in [4.69, 9.17) is 34.7 Å². The van der Waals surface area contributed by atoms with Crippen molar-refractivity contribution in [1.29, 1.82) is 0 Å². The lowest BCUT2D eigenvalue weighted by Gasteiger charge is -2.05. The van der Waals surface area contributed by atoms with Crippen LogP contribution in [-0.4, -0.2) is 15.0 Å². The van der Waals surface area contributed by atoms with Crippen LogP contribution < -0.4 is 17.0 Å². The van der Waals surface area contributed by atoms with Gasteiger partial charge in [-0.25, -0.2) is 9.97 Å². The van der Waals surface area contributed by atoms with E-state index < -0.39 is 0 Å². The number of nitrogens with two attached hydrogens (primary N) is 2. The van der Waals surface area contributed by atoms with Gasteiger partial charge in [0.2, 0.25) is 0 Å². The lowest BCUT2D eigenvalue weighted by atomic mass is 10.5. The maximum atomic E-state index is 11.2. The topological polar surface area (TPSA) is 111 Å². The highest BCUT2D eigenvalue weighted by Crippen LogP contribution is 2.33. The first-order valence-electron chi connectivity index (χ1n) is 4.62. The number of anilines is 2. The number of rotatable bonds is 2. The van der Waals surface area contributed by atoms with Crippen LogP contribution in [0.5, 0.6) is 0 Å². The average molecular weight is 304 g/mol. The van der Waals surface area contributed by atoms with Gasteiger partial charge in [-0.2, -0.15) is 0 Å². The number of hydrogen-bond acceptors (Lipinski definition) is 6. The van der Waals surface area contributed by atoms with Crippen LogP contribution in [-0.2, 0) is 0 Å².